The van der Waals surface area contributed by atoms with E-state index >= 15 is 0 Å². The molecule has 1 aromatic rings. The second-order valence-corrected chi connectivity index (χ2v) is 6.94. The van der Waals surface area contributed by atoms with Crippen LogP contribution in [0.2, 0.25) is 0 Å². The number of carbonyl (C=O) groups excluding carboxylic acids is 1. The second-order valence-electron chi connectivity index (χ2n) is 6.94. The number of carbonyl (C=O) groups is 1. The second kappa shape index (κ2) is 8.77. The minimum absolute atomic E-state index is 0.0610. The number of amides is 1. The maximum Gasteiger partial charge on any atom is 0.407 e. The lowest BCUT2D eigenvalue weighted by molar-refractivity contribution is 0.0502. The van der Waals surface area contributed by atoms with Crippen molar-refractivity contribution in [1.82, 2.24) is 10.6 Å². The molecule has 5 heteroatoms. The fourth-order valence-corrected chi connectivity index (χ4v) is 2.07. The molecule has 0 aliphatic rings. The standard InChI is InChI=1S/C18H31N3O2/c1-7-15(20-17(22)23-18(2,3)4)13-19-12-14-8-10-16(11-9-14)21(5)6/h8-11,15,19H,7,12-13H2,1-6H3,(H,20,22). The first-order valence-corrected chi connectivity index (χ1v) is 8.17. The van der Waals surface area contributed by atoms with Gasteiger partial charge in [0.1, 0.15) is 5.60 Å². The van der Waals surface area contributed by atoms with E-state index in [4.69, 9.17) is 4.74 Å². The molecule has 1 amide bonds. The number of nitrogens with zero attached hydrogens (tertiary/aromatic N) is 1. The number of hydrogen-bond donors (Lipinski definition) is 2. The quantitative estimate of drug-likeness (QED) is 0.810. The highest BCUT2D eigenvalue weighted by Crippen LogP contribution is 2.12. The molecule has 0 aliphatic heterocycles. The first-order valence-electron chi connectivity index (χ1n) is 8.17. The van der Waals surface area contributed by atoms with E-state index in [-0.39, 0.29) is 12.1 Å². The molecular weight excluding hydrogens is 290 g/mol. The average molecular weight is 321 g/mol. The highest BCUT2D eigenvalue weighted by molar-refractivity contribution is 5.68. The Labute approximate surface area is 140 Å². The van der Waals surface area contributed by atoms with Crippen LogP contribution in [0.3, 0.4) is 0 Å². The van der Waals surface area contributed by atoms with Gasteiger partial charge in [-0.3, -0.25) is 0 Å². The van der Waals surface area contributed by atoms with Crippen LogP contribution in [0.1, 0.15) is 39.7 Å². The maximum absolute atomic E-state index is 11.8. The van der Waals surface area contributed by atoms with E-state index in [1.807, 2.05) is 34.9 Å². The minimum atomic E-state index is -0.468. The van der Waals surface area contributed by atoms with Gasteiger partial charge in [-0.15, -0.1) is 0 Å². The fourth-order valence-electron chi connectivity index (χ4n) is 2.07. The lowest BCUT2D eigenvalue weighted by Gasteiger charge is -2.23. The number of benzene rings is 1. The molecule has 1 aromatic carbocycles. The molecule has 1 atom stereocenters. The van der Waals surface area contributed by atoms with Crippen LogP contribution >= 0.6 is 0 Å². The van der Waals surface area contributed by atoms with Crippen LogP contribution in [0.15, 0.2) is 24.3 Å². The smallest absolute Gasteiger partial charge is 0.407 e. The molecule has 0 saturated carbocycles. The van der Waals surface area contributed by atoms with Gasteiger partial charge in [0.25, 0.3) is 0 Å². The summed E-state index contributed by atoms with van der Waals surface area (Å²) in [5.41, 5.74) is 1.94. The number of nitrogens with one attached hydrogen (secondary N) is 2. The van der Waals surface area contributed by atoms with Gasteiger partial charge in [-0.25, -0.2) is 4.79 Å². The van der Waals surface area contributed by atoms with Crippen molar-refractivity contribution >= 4 is 11.8 Å². The SMILES string of the molecule is CCC(CNCc1ccc(N(C)C)cc1)NC(=O)OC(C)(C)C. The van der Waals surface area contributed by atoms with Crippen molar-refractivity contribution in [3.05, 3.63) is 29.8 Å². The normalized spacial score (nSPS) is 12.6. The van der Waals surface area contributed by atoms with Crippen molar-refractivity contribution in [1.29, 1.82) is 0 Å². The summed E-state index contributed by atoms with van der Waals surface area (Å²) in [6, 6.07) is 8.50. The zero-order valence-corrected chi connectivity index (χ0v) is 15.3. The van der Waals surface area contributed by atoms with E-state index < -0.39 is 5.60 Å². The Bertz CT molecular complexity index is 478. The average Bonchev–Trinajstić information content (AvgIpc) is 2.44. The maximum atomic E-state index is 11.8. The highest BCUT2D eigenvalue weighted by atomic mass is 16.6. The number of rotatable bonds is 7. The van der Waals surface area contributed by atoms with Gasteiger partial charge >= 0.3 is 6.09 Å². The molecule has 0 spiro atoms. The van der Waals surface area contributed by atoms with Crippen molar-refractivity contribution in [3.8, 4) is 0 Å². The summed E-state index contributed by atoms with van der Waals surface area (Å²) in [6.07, 6.45) is 0.493. The molecule has 0 heterocycles. The van der Waals surface area contributed by atoms with Gasteiger partial charge in [0.05, 0.1) is 0 Å². The first-order chi connectivity index (χ1) is 10.7. The van der Waals surface area contributed by atoms with E-state index in [0.717, 1.165) is 13.0 Å². The Kier molecular flexibility index (Phi) is 7.36. The molecule has 130 valence electrons. The van der Waals surface area contributed by atoms with Crippen molar-refractivity contribution < 1.29 is 9.53 Å². The predicted molar refractivity (Wildman–Crippen MR) is 95.9 cm³/mol. The van der Waals surface area contributed by atoms with Gasteiger partial charge in [-0.05, 0) is 44.9 Å². The van der Waals surface area contributed by atoms with Gasteiger partial charge in [-0.1, -0.05) is 19.1 Å². The summed E-state index contributed by atoms with van der Waals surface area (Å²) < 4.78 is 5.29. The van der Waals surface area contributed by atoms with Crippen LogP contribution in [-0.2, 0) is 11.3 Å². The summed E-state index contributed by atoms with van der Waals surface area (Å²) in [4.78, 5) is 13.9. The van der Waals surface area contributed by atoms with E-state index in [2.05, 4.69) is 46.7 Å². The third kappa shape index (κ3) is 7.88. The highest BCUT2D eigenvalue weighted by Gasteiger charge is 2.18. The lowest BCUT2D eigenvalue weighted by Crippen LogP contribution is -2.43. The number of alkyl carbamates (subject to hydrolysis) is 1. The summed E-state index contributed by atoms with van der Waals surface area (Å²) in [5, 5.41) is 6.29. The third-order valence-corrected chi connectivity index (χ3v) is 3.39. The fraction of sp³-hybridized carbons (Fsp3) is 0.611. The van der Waals surface area contributed by atoms with Crippen molar-refractivity contribution in [2.45, 2.75) is 52.3 Å². The van der Waals surface area contributed by atoms with Crippen LogP contribution in [0.5, 0.6) is 0 Å². The predicted octanol–water partition coefficient (Wildman–Crippen LogP) is 3.15. The van der Waals surface area contributed by atoms with Gasteiger partial charge < -0.3 is 20.3 Å². The molecule has 0 radical (unpaired) electrons. The summed E-state index contributed by atoms with van der Waals surface area (Å²) >= 11 is 0. The lowest BCUT2D eigenvalue weighted by atomic mass is 10.2. The monoisotopic (exact) mass is 321 g/mol. The topological polar surface area (TPSA) is 53.6 Å². The molecule has 5 nitrogen and oxygen atoms in total. The van der Waals surface area contributed by atoms with Crippen molar-refractivity contribution in [3.63, 3.8) is 0 Å². The van der Waals surface area contributed by atoms with Crippen LogP contribution in [0, 0.1) is 0 Å². The first kappa shape index (κ1) is 19.3. The number of hydrogen-bond acceptors (Lipinski definition) is 4. The largest absolute Gasteiger partial charge is 0.444 e. The van der Waals surface area contributed by atoms with E-state index in [1.54, 1.807) is 0 Å². The molecule has 2 N–H and O–H groups in total. The van der Waals surface area contributed by atoms with Crippen LogP contribution in [0.25, 0.3) is 0 Å². The zero-order chi connectivity index (χ0) is 17.5. The number of anilines is 1. The van der Waals surface area contributed by atoms with E-state index in [1.165, 1.54) is 11.3 Å². The Morgan fingerprint density at radius 2 is 1.83 bits per heavy atom. The number of ether oxygens (including phenoxy) is 1. The van der Waals surface area contributed by atoms with Crippen molar-refractivity contribution in [2.75, 3.05) is 25.5 Å². The Morgan fingerprint density at radius 3 is 2.30 bits per heavy atom. The van der Waals surface area contributed by atoms with Gasteiger partial charge in [-0.2, -0.15) is 0 Å². The minimum Gasteiger partial charge on any atom is -0.444 e. The molecule has 1 unspecified atom stereocenters. The molecule has 1 rings (SSSR count). The Morgan fingerprint density at radius 1 is 1.22 bits per heavy atom. The molecular formula is C18H31N3O2. The molecule has 0 aromatic heterocycles. The van der Waals surface area contributed by atoms with E-state index in [0.29, 0.717) is 6.54 Å². The Hall–Kier alpha value is -1.75. The van der Waals surface area contributed by atoms with Crippen LogP contribution in [-0.4, -0.2) is 38.4 Å². The van der Waals surface area contributed by atoms with Gasteiger partial charge in [0.15, 0.2) is 0 Å². The van der Waals surface area contributed by atoms with Crippen LogP contribution < -0.4 is 15.5 Å². The summed E-state index contributed by atoms with van der Waals surface area (Å²) in [6.45, 7) is 9.14. The molecule has 23 heavy (non-hydrogen) atoms. The summed E-state index contributed by atoms with van der Waals surface area (Å²) in [7, 11) is 4.06. The third-order valence-electron chi connectivity index (χ3n) is 3.39. The molecule has 0 bridgehead atoms. The molecule has 0 saturated heterocycles. The van der Waals surface area contributed by atoms with Crippen molar-refractivity contribution in [2.24, 2.45) is 0 Å². The van der Waals surface area contributed by atoms with Gasteiger partial charge in [0.2, 0.25) is 0 Å². The van der Waals surface area contributed by atoms with Gasteiger partial charge in [0, 0.05) is 38.9 Å². The molecule has 0 fully saturated rings. The van der Waals surface area contributed by atoms with Crippen LogP contribution in [0.4, 0.5) is 10.5 Å². The summed E-state index contributed by atoms with van der Waals surface area (Å²) in [5.74, 6) is 0. The zero-order valence-electron chi connectivity index (χ0n) is 15.3. The van der Waals surface area contributed by atoms with E-state index in [9.17, 15) is 4.79 Å². The Balaban J connectivity index is 2.38. The molecule has 0 aliphatic carbocycles.